The molecule has 1 aromatic rings. The summed E-state index contributed by atoms with van der Waals surface area (Å²) in [6.07, 6.45) is 13.8. The van der Waals surface area contributed by atoms with Crippen LogP contribution in [0, 0.1) is 0 Å². The molecular weight excluding hydrogens is 347 g/mol. The topological polar surface area (TPSA) is 0 Å². The Balaban J connectivity index is 2.95. The minimum atomic E-state index is -1.73. The van der Waals surface area contributed by atoms with Crippen LogP contribution in [0.5, 0.6) is 0 Å². The van der Waals surface area contributed by atoms with Gasteiger partial charge in [0.15, 0.2) is 0 Å². The van der Waals surface area contributed by atoms with Crippen LogP contribution in [0.4, 0.5) is 0 Å². The predicted molar refractivity (Wildman–Crippen MR) is 103 cm³/mol. The second-order valence-electron chi connectivity index (χ2n) is 6.29. The molecular formula is C17H32BrPS. The number of hydrogen-bond donors (Lipinski definition) is 0. The molecule has 0 aliphatic heterocycles. The van der Waals surface area contributed by atoms with Gasteiger partial charge in [0.2, 0.25) is 0 Å². The zero-order valence-corrected chi connectivity index (χ0v) is 16.8. The van der Waals surface area contributed by atoms with Crippen molar-refractivity contribution < 1.29 is 0 Å². The van der Waals surface area contributed by atoms with Gasteiger partial charge in [0.25, 0.3) is 0 Å². The zero-order chi connectivity index (χ0) is 14.9. The Morgan fingerprint density at radius 3 is 1.80 bits per heavy atom. The van der Waals surface area contributed by atoms with E-state index in [4.69, 9.17) is 0 Å². The molecule has 3 heteroatoms. The van der Waals surface area contributed by atoms with Gasteiger partial charge in [0, 0.05) is 0 Å². The molecule has 0 atom stereocenters. The van der Waals surface area contributed by atoms with Crippen molar-refractivity contribution in [2.45, 2.75) is 65.5 Å². The fourth-order valence-corrected chi connectivity index (χ4v) is 13.7. The molecule has 0 nitrogen and oxygen atoms in total. The molecule has 0 N–H and O–H groups in total. The van der Waals surface area contributed by atoms with Gasteiger partial charge in [-0.1, -0.05) is 0 Å². The fourth-order valence-electron chi connectivity index (χ4n) is 3.02. The van der Waals surface area contributed by atoms with Gasteiger partial charge in [-0.25, -0.2) is 0 Å². The normalized spacial score (nSPS) is 14.1. The SMILES string of the molecule is CCCCP(Br)(CCCC)(CCCC)Cc1cccs1. The van der Waals surface area contributed by atoms with Gasteiger partial charge in [-0.3, -0.25) is 0 Å². The molecule has 20 heavy (non-hydrogen) atoms. The minimum absolute atomic E-state index is 1.33. The van der Waals surface area contributed by atoms with Crippen molar-refractivity contribution in [2.75, 3.05) is 18.5 Å². The monoisotopic (exact) mass is 378 g/mol. The molecule has 1 aromatic heterocycles. The Hall–Kier alpha value is 0.610. The van der Waals surface area contributed by atoms with Gasteiger partial charge in [-0.15, -0.1) is 0 Å². The standard InChI is InChI=1S/C17H32BrPS/c1-4-7-12-19(18,13-8-5-2,14-9-6-3)16-17-11-10-15-20-17/h10-11,15H,4-9,12-14,16H2,1-3H3. The molecule has 0 saturated heterocycles. The second-order valence-corrected chi connectivity index (χ2v) is 18.6. The molecule has 1 heterocycles. The van der Waals surface area contributed by atoms with Crippen LogP contribution in [0.3, 0.4) is 0 Å². The molecule has 0 amide bonds. The quantitative estimate of drug-likeness (QED) is 0.349. The van der Waals surface area contributed by atoms with E-state index >= 15 is 0 Å². The summed E-state index contributed by atoms with van der Waals surface area (Å²) in [5, 5.41) is 0.512. The van der Waals surface area contributed by atoms with Gasteiger partial charge in [0.1, 0.15) is 0 Å². The van der Waals surface area contributed by atoms with Crippen LogP contribution < -0.4 is 0 Å². The summed E-state index contributed by atoms with van der Waals surface area (Å²) in [7, 11) is 0. The van der Waals surface area contributed by atoms with E-state index in [1.54, 1.807) is 4.88 Å². The van der Waals surface area contributed by atoms with Crippen molar-refractivity contribution >= 4 is 32.1 Å². The summed E-state index contributed by atoms with van der Waals surface area (Å²) in [4.78, 5) is 1.60. The van der Waals surface area contributed by atoms with Crippen molar-refractivity contribution in [2.24, 2.45) is 0 Å². The van der Waals surface area contributed by atoms with E-state index in [0.29, 0.717) is 0 Å². The molecule has 0 bridgehead atoms. The maximum atomic E-state index is 4.45. The van der Waals surface area contributed by atoms with E-state index in [1.165, 1.54) is 63.2 Å². The predicted octanol–water partition coefficient (Wildman–Crippen LogP) is 7.51. The third kappa shape index (κ3) is 5.78. The first-order valence-corrected chi connectivity index (χ1v) is 14.2. The van der Waals surface area contributed by atoms with E-state index in [0.717, 1.165) is 0 Å². The van der Waals surface area contributed by atoms with Gasteiger partial charge >= 0.3 is 138 Å². The molecule has 1 rings (SSSR count). The van der Waals surface area contributed by atoms with Crippen molar-refractivity contribution in [3.8, 4) is 0 Å². The number of unbranched alkanes of at least 4 members (excludes halogenated alkanes) is 3. The summed E-state index contributed by atoms with van der Waals surface area (Å²) in [6, 6.07) is 4.56. The molecule has 0 aliphatic carbocycles. The number of hydrogen-bond acceptors (Lipinski definition) is 1. The molecule has 0 radical (unpaired) electrons. The van der Waals surface area contributed by atoms with Crippen LogP contribution in [0.2, 0.25) is 0 Å². The van der Waals surface area contributed by atoms with Crippen molar-refractivity contribution in [1.82, 2.24) is 0 Å². The van der Waals surface area contributed by atoms with E-state index < -0.39 is 5.31 Å². The Morgan fingerprint density at radius 1 is 0.950 bits per heavy atom. The van der Waals surface area contributed by atoms with Crippen molar-refractivity contribution in [1.29, 1.82) is 0 Å². The Kier molecular flexibility index (Phi) is 8.31. The average Bonchev–Trinajstić information content (AvgIpc) is 2.94. The van der Waals surface area contributed by atoms with Crippen LogP contribution in [-0.4, -0.2) is 18.5 Å². The fraction of sp³-hybridized carbons (Fsp3) is 0.765. The summed E-state index contributed by atoms with van der Waals surface area (Å²) in [6.45, 7) is 7.00. The Bertz CT molecular complexity index is 337. The van der Waals surface area contributed by atoms with Gasteiger partial charge in [0.05, 0.1) is 0 Å². The first kappa shape index (κ1) is 18.7. The molecule has 118 valence electrons. The van der Waals surface area contributed by atoms with Crippen molar-refractivity contribution in [3.63, 3.8) is 0 Å². The van der Waals surface area contributed by atoms with Crippen molar-refractivity contribution in [3.05, 3.63) is 22.4 Å². The summed E-state index contributed by atoms with van der Waals surface area (Å²) in [5.74, 6) is 0. The molecule has 0 saturated carbocycles. The van der Waals surface area contributed by atoms with Crippen LogP contribution in [0.25, 0.3) is 0 Å². The summed E-state index contributed by atoms with van der Waals surface area (Å²) in [5.41, 5.74) is 0. The Labute approximate surface area is 138 Å². The summed E-state index contributed by atoms with van der Waals surface area (Å²) >= 11 is 6.41. The van der Waals surface area contributed by atoms with Crippen LogP contribution in [0.1, 0.15) is 64.2 Å². The average molecular weight is 379 g/mol. The van der Waals surface area contributed by atoms with Gasteiger partial charge in [-0.2, -0.15) is 0 Å². The number of halogens is 1. The summed E-state index contributed by atoms with van der Waals surface area (Å²) < 4.78 is 0. The number of rotatable bonds is 11. The maximum absolute atomic E-state index is 4.45. The van der Waals surface area contributed by atoms with E-state index in [1.807, 2.05) is 11.3 Å². The molecule has 0 unspecified atom stereocenters. The van der Waals surface area contributed by atoms with Crippen LogP contribution in [0.15, 0.2) is 17.5 Å². The molecule has 0 aliphatic rings. The molecule has 0 spiro atoms. The first-order chi connectivity index (χ1) is 9.56. The van der Waals surface area contributed by atoms with E-state index in [9.17, 15) is 0 Å². The number of thiophene rings is 1. The zero-order valence-electron chi connectivity index (χ0n) is 13.5. The third-order valence-corrected chi connectivity index (χ3v) is 14.8. The molecule has 0 fully saturated rings. The van der Waals surface area contributed by atoms with Crippen LogP contribution >= 0.6 is 32.1 Å². The first-order valence-electron chi connectivity index (χ1n) is 8.30. The van der Waals surface area contributed by atoms with E-state index in [2.05, 4.69) is 53.8 Å². The Morgan fingerprint density at radius 2 is 1.45 bits per heavy atom. The molecule has 0 aromatic carbocycles. The van der Waals surface area contributed by atoms with Gasteiger partial charge in [-0.05, 0) is 0 Å². The third-order valence-electron chi connectivity index (χ3n) is 4.34. The van der Waals surface area contributed by atoms with E-state index in [-0.39, 0.29) is 0 Å². The van der Waals surface area contributed by atoms with Crippen LogP contribution in [-0.2, 0) is 6.16 Å². The second kappa shape index (κ2) is 8.91. The van der Waals surface area contributed by atoms with Gasteiger partial charge < -0.3 is 0 Å².